The highest BCUT2D eigenvalue weighted by Crippen LogP contribution is 2.43. The molecule has 0 amide bonds. The van der Waals surface area contributed by atoms with E-state index < -0.39 is 28.6 Å². The van der Waals surface area contributed by atoms with Gasteiger partial charge < -0.3 is 20.3 Å². The molecular formula is C22H23F2N3O3. The standard InChI is InChI=1S/C22H23F2N3O3/c1-10-2-5-17(25)14-8-26(7-13(10)14)20-16(23)6-12-19(18(20)24)27(11-3-4-11)9-15(21(12)28)22(29)30/h2,5-6,9-11,13-14,17H,3-4,7-8,25H2,1H3,(H,29,30). The molecule has 0 radical (unpaired) electrons. The Hall–Kier alpha value is -2.74. The van der Waals surface area contributed by atoms with Crippen molar-refractivity contribution in [3.05, 3.63) is 51.8 Å². The van der Waals surface area contributed by atoms with Crippen LogP contribution in [0.25, 0.3) is 10.9 Å². The molecule has 2 aliphatic carbocycles. The van der Waals surface area contributed by atoms with Gasteiger partial charge in [-0.2, -0.15) is 0 Å². The molecule has 1 aromatic heterocycles. The molecule has 1 aromatic carbocycles. The minimum Gasteiger partial charge on any atom is -0.477 e. The molecule has 2 heterocycles. The summed E-state index contributed by atoms with van der Waals surface area (Å²) in [4.78, 5) is 25.8. The molecule has 4 unspecified atom stereocenters. The number of halogens is 2. The van der Waals surface area contributed by atoms with Crippen LogP contribution in [-0.4, -0.2) is 34.8 Å². The lowest BCUT2D eigenvalue weighted by atomic mass is 9.77. The lowest BCUT2D eigenvalue weighted by molar-refractivity contribution is 0.0694. The third-order valence-corrected chi connectivity index (χ3v) is 6.89. The Bertz CT molecular complexity index is 1130. The molecule has 1 saturated heterocycles. The molecule has 5 rings (SSSR count). The van der Waals surface area contributed by atoms with Gasteiger partial charge in [-0.15, -0.1) is 0 Å². The molecule has 8 heteroatoms. The van der Waals surface area contributed by atoms with E-state index in [0.717, 1.165) is 18.9 Å². The van der Waals surface area contributed by atoms with E-state index in [-0.39, 0.29) is 46.4 Å². The van der Waals surface area contributed by atoms with E-state index in [0.29, 0.717) is 13.1 Å². The van der Waals surface area contributed by atoms with E-state index in [1.165, 1.54) is 10.8 Å². The molecule has 158 valence electrons. The van der Waals surface area contributed by atoms with Crippen LogP contribution in [0.4, 0.5) is 14.5 Å². The molecule has 1 saturated carbocycles. The third-order valence-electron chi connectivity index (χ3n) is 6.89. The lowest BCUT2D eigenvalue weighted by Crippen LogP contribution is -2.38. The van der Waals surface area contributed by atoms with Crippen molar-refractivity contribution in [2.45, 2.75) is 31.8 Å². The number of nitrogens with zero attached hydrogens (tertiary/aromatic N) is 2. The van der Waals surface area contributed by atoms with Crippen molar-refractivity contribution >= 4 is 22.6 Å². The first kappa shape index (κ1) is 19.2. The van der Waals surface area contributed by atoms with Crippen molar-refractivity contribution in [1.29, 1.82) is 0 Å². The van der Waals surface area contributed by atoms with Gasteiger partial charge >= 0.3 is 5.97 Å². The van der Waals surface area contributed by atoms with Crippen LogP contribution in [-0.2, 0) is 0 Å². The Morgan fingerprint density at radius 3 is 2.53 bits per heavy atom. The van der Waals surface area contributed by atoms with Crippen LogP contribution in [0, 0.1) is 29.4 Å². The fourth-order valence-corrected chi connectivity index (χ4v) is 5.10. The highest BCUT2D eigenvalue weighted by molar-refractivity contribution is 5.94. The minimum absolute atomic E-state index is 0.0192. The van der Waals surface area contributed by atoms with Gasteiger partial charge in [-0.3, -0.25) is 4.79 Å². The normalized spacial score (nSPS) is 28.2. The maximum atomic E-state index is 15.8. The number of allylic oxidation sites excluding steroid dienone is 1. The largest absolute Gasteiger partial charge is 0.477 e. The van der Waals surface area contributed by atoms with Crippen LogP contribution < -0.4 is 16.1 Å². The number of nitrogens with two attached hydrogens (primary N) is 1. The first-order chi connectivity index (χ1) is 14.3. The van der Waals surface area contributed by atoms with Crippen molar-refractivity contribution in [2.75, 3.05) is 18.0 Å². The van der Waals surface area contributed by atoms with Crippen molar-refractivity contribution in [3.8, 4) is 0 Å². The van der Waals surface area contributed by atoms with E-state index >= 15 is 8.78 Å². The zero-order valence-electron chi connectivity index (χ0n) is 16.5. The molecule has 0 spiro atoms. The molecule has 0 bridgehead atoms. The molecule has 2 fully saturated rings. The van der Waals surface area contributed by atoms with Crippen molar-refractivity contribution in [3.63, 3.8) is 0 Å². The monoisotopic (exact) mass is 415 g/mol. The number of anilines is 1. The number of fused-ring (bicyclic) bond motifs is 2. The number of carboxylic acids is 1. The summed E-state index contributed by atoms with van der Waals surface area (Å²) in [6, 6.07) is 0.744. The second-order valence-corrected chi connectivity index (χ2v) is 8.79. The predicted molar refractivity (Wildman–Crippen MR) is 109 cm³/mol. The summed E-state index contributed by atoms with van der Waals surface area (Å²) in [7, 11) is 0. The number of rotatable bonds is 3. The van der Waals surface area contributed by atoms with Gasteiger partial charge in [0.05, 0.1) is 10.9 Å². The number of aromatic carboxylic acids is 1. The summed E-state index contributed by atoms with van der Waals surface area (Å²) in [6.07, 6.45) is 6.73. The van der Waals surface area contributed by atoms with Gasteiger partial charge in [0.2, 0.25) is 5.43 Å². The summed E-state index contributed by atoms with van der Waals surface area (Å²) < 4.78 is 32.4. The summed E-state index contributed by atoms with van der Waals surface area (Å²) in [6.45, 7) is 2.99. The quantitative estimate of drug-likeness (QED) is 0.753. The zero-order valence-corrected chi connectivity index (χ0v) is 16.5. The van der Waals surface area contributed by atoms with Gasteiger partial charge in [0, 0.05) is 37.3 Å². The van der Waals surface area contributed by atoms with Gasteiger partial charge in [-0.25, -0.2) is 13.6 Å². The molecule has 6 nitrogen and oxygen atoms in total. The van der Waals surface area contributed by atoms with Crippen molar-refractivity contribution in [1.82, 2.24) is 4.57 Å². The minimum atomic E-state index is -1.40. The Balaban J connectivity index is 1.68. The number of hydrogen-bond donors (Lipinski definition) is 2. The number of benzene rings is 1. The van der Waals surface area contributed by atoms with Crippen LogP contribution in [0.1, 0.15) is 36.2 Å². The molecule has 4 atom stereocenters. The van der Waals surface area contributed by atoms with Crippen LogP contribution in [0.5, 0.6) is 0 Å². The van der Waals surface area contributed by atoms with Gasteiger partial charge in [0.1, 0.15) is 17.1 Å². The highest BCUT2D eigenvalue weighted by Gasteiger charge is 2.42. The first-order valence-electron chi connectivity index (χ1n) is 10.3. The molecule has 3 aliphatic rings. The first-order valence-corrected chi connectivity index (χ1v) is 10.3. The van der Waals surface area contributed by atoms with E-state index in [9.17, 15) is 14.7 Å². The fraction of sp³-hybridized carbons (Fsp3) is 0.455. The van der Waals surface area contributed by atoms with E-state index in [2.05, 4.69) is 13.0 Å². The van der Waals surface area contributed by atoms with Crippen LogP contribution >= 0.6 is 0 Å². The fourth-order valence-electron chi connectivity index (χ4n) is 5.10. The van der Waals surface area contributed by atoms with Crippen LogP contribution in [0.2, 0.25) is 0 Å². The number of pyridine rings is 1. The van der Waals surface area contributed by atoms with Crippen molar-refractivity contribution < 1.29 is 18.7 Å². The van der Waals surface area contributed by atoms with E-state index in [1.807, 2.05) is 6.08 Å². The molecule has 1 aliphatic heterocycles. The smallest absolute Gasteiger partial charge is 0.341 e. The second-order valence-electron chi connectivity index (χ2n) is 8.79. The summed E-state index contributed by atoms with van der Waals surface area (Å²) >= 11 is 0. The maximum absolute atomic E-state index is 15.8. The number of aromatic nitrogens is 1. The third kappa shape index (κ3) is 2.77. The average molecular weight is 415 g/mol. The topological polar surface area (TPSA) is 88.6 Å². The number of carbonyl (C=O) groups is 1. The molecule has 3 N–H and O–H groups in total. The Kier molecular flexibility index (Phi) is 4.25. The van der Waals surface area contributed by atoms with E-state index in [1.54, 1.807) is 4.90 Å². The summed E-state index contributed by atoms with van der Waals surface area (Å²) in [5.41, 5.74) is 4.71. The average Bonchev–Trinajstić information content (AvgIpc) is 3.44. The van der Waals surface area contributed by atoms with E-state index in [4.69, 9.17) is 5.73 Å². The SMILES string of the molecule is CC1C=CC(N)C2CN(c3c(F)cc4c(=O)c(C(=O)O)cn(C5CC5)c4c3F)CC12. The zero-order chi connectivity index (χ0) is 21.3. The summed E-state index contributed by atoms with van der Waals surface area (Å²) in [5.74, 6) is -2.51. The van der Waals surface area contributed by atoms with Gasteiger partial charge in [0.15, 0.2) is 5.82 Å². The summed E-state index contributed by atoms with van der Waals surface area (Å²) in [5, 5.41) is 9.13. The van der Waals surface area contributed by atoms with Crippen LogP contribution in [0.3, 0.4) is 0 Å². The lowest BCUT2D eigenvalue weighted by Gasteiger charge is -2.30. The van der Waals surface area contributed by atoms with Gasteiger partial charge in [0.25, 0.3) is 0 Å². The Morgan fingerprint density at radius 1 is 1.20 bits per heavy atom. The van der Waals surface area contributed by atoms with Gasteiger partial charge in [-0.05, 0) is 30.7 Å². The highest BCUT2D eigenvalue weighted by atomic mass is 19.1. The van der Waals surface area contributed by atoms with Crippen molar-refractivity contribution in [2.24, 2.45) is 23.5 Å². The molecule has 30 heavy (non-hydrogen) atoms. The Morgan fingerprint density at radius 2 is 1.90 bits per heavy atom. The Labute approximate surface area is 171 Å². The van der Waals surface area contributed by atoms with Crippen LogP contribution in [0.15, 0.2) is 29.2 Å². The number of hydrogen-bond acceptors (Lipinski definition) is 4. The van der Waals surface area contributed by atoms with Gasteiger partial charge in [-0.1, -0.05) is 19.1 Å². The number of carboxylic acid groups (broad SMARTS) is 1. The molecular weight excluding hydrogens is 392 g/mol. The molecule has 2 aromatic rings. The predicted octanol–water partition coefficient (Wildman–Crippen LogP) is 2.90. The maximum Gasteiger partial charge on any atom is 0.341 e. The second kappa shape index (κ2) is 6.63.